The number of pyridine rings is 1. The molecule has 6 heteroatoms. The van der Waals surface area contributed by atoms with Gasteiger partial charge in [0.2, 0.25) is 11.6 Å². The second-order valence-corrected chi connectivity index (χ2v) is 5.65. The van der Waals surface area contributed by atoms with Crippen LogP contribution in [0.3, 0.4) is 0 Å². The summed E-state index contributed by atoms with van der Waals surface area (Å²) in [5.74, 6) is -6.51. The SMILES string of the molecule is CC(C)(C)c1ccc(Nc2c(F)c(F)nc(F)c2F)cc1. The lowest BCUT2D eigenvalue weighted by Crippen LogP contribution is -2.11. The van der Waals surface area contributed by atoms with Crippen molar-refractivity contribution in [1.29, 1.82) is 0 Å². The van der Waals surface area contributed by atoms with Crippen LogP contribution in [0.5, 0.6) is 0 Å². The van der Waals surface area contributed by atoms with Crippen molar-refractivity contribution >= 4 is 11.4 Å². The molecule has 0 saturated carbocycles. The Morgan fingerprint density at radius 3 is 1.76 bits per heavy atom. The molecular weight excluding hydrogens is 284 g/mol. The molecule has 0 bridgehead atoms. The van der Waals surface area contributed by atoms with Crippen molar-refractivity contribution in [3.8, 4) is 0 Å². The van der Waals surface area contributed by atoms with Crippen molar-refractivity contribution in [1.82, 2.24) is 4.98 Å². The Labute approximate surface area is 119 Å². The van der Waals surface area contributed by atoms with Crippen LogP contribution in [-0.4, -0.2) is 4.98 Å². The van der Waals surface area contributed by atoms with E-state index >= 15 is 0 Å². The molecule has 2 nitrogen and oxygen atoms in total. The van der Waals surface area contributed by atoms with E-state index in [2.05, 4.69) is 10.3 Å². The smallest absolute Gasteiger partial charge is 0.253 e. The van der Waals surface area contributed by atoms with Gasteiger partial charge in [-0.2, -0.15) is 22.5 Å². The maximum Gasteiger partial charge on any atom is 0.253 e. The summed E-state index contributed by atoms with van der Waals surface area (Å²) in [5.41, 5.74) is 0.347. The van der Waals surface area contributed by atoms with Crippen molar-refractivity contribution in [2.75, 3.05) is 5.32 Å². The highest BCUT2D eigenvalue weighted by molar-refractivity contribution is 5.61. The van der Waals surface area contributed by atoms with Crippen molar-refractivity contribution in [2.24, 2.45) is 0 Å². The highest BCUT2D eigenvalue weighted by atomic mass is 19.2. The van der Waals surface area contributed by atoms with E-state index in [0.29, 0.717) is 5.69 Å². The van der Waals surface area contributed by atoms with Gasteiger partial charge in [-0.3, -0.25) is 0 Å². The predicted octanol–water partition coefficient (Wildman–Crippen LogP) is 4.68. The fourth-order valence-electron chi connectivity index (χ4n) is 1.79. The molecule has 0 saturated heterocycles. The first-order valence-corrected chi connectivity index (χ1v) is 6.27. The molecule has 0 aliphatic carbocycles. The molecule has 0 radical (unpaired) electrons. The molecule has 2 rings (SSSR count). The van der Waals surface area contributed by atoms with E-state index in [9.17, 15) is 17.6 Å². The highest BCUT2D eigenvalue weighted by Crippen LogP contribution is 2.28. The first-order valence-electron chi connectivity index (χ1n) is 6.27. The number of nitrogens with one attached hydrogen (secondary N) is 1. The minimum Gasteiger partial charge on any atom is -0.350 e. The van der Waals surface area contributed by atoms with Crippen molar-refractivity contribution in [2.45, 2.75) is 26.2 Å². The molecule has 0 unspecified atom stereocenters. The largest absolute Gasteiger partial charge is 0.350 e. The number of rotatable bonds is 2. The van der Waals surface area contributed by atoms with Crippen molar-refractivity contribution < 1.29 is 17.6 Å². The van der Waals surface area contributed by atoms with Crippen LogP contribution in [0, 0.1) is 23.5 Å². The van der Waals surface area contributed by atoms with Crippen LogP contribution in [0.25, 0.3) is 0 Å². The fraction of sp³-hybridized carbons (Fsp3) is 0.267. The van der Waals surface area contributed by atoms with Crippen LogP contribution >= 0.6 is 0 Å². The van der Waals surface area contributed by atoms with E-state index in [1.807, 2.05) is 20.8 Å². The Kier molecular flexibility index (Phi) is 3.89. The van der Waals surface area contributed by atoms with E-state index in [0.717, 1.165) is 5.56 Å². The van der Waals surface area contributed by atoms with Crippen molar-refractivity contribution in [3.05, 3.63) is 53.4 Å². The zero-order valence-corrected chi connectivity index (χ0v) is 11.8. The lowest BCUT2D eigenvalue weighted by molar-refractivity contribution is 0.411. The zero-order chi connectivity index (χ0) is 15.8. The number of nitrogens with zero attached hydrogens (tertiary/aromatic N) is 1. The Hall–Kier alpha value is -2.11. The summed E-state index contributed by atoms with van der Waals surface area (Å²) in [6.07, 6.45) is 0. The van der Waals surface area contributed by atoms with Crippen LogP contribution in [0.1, 0.15) is 26.3 Å². The maximum absolute atomic E-state index is 13.5. The minimum atomic E-state index is -1.69. The van der Waals surface area contributed by atoms with E-state index in [-0.39, 0.29) is 5.41 Å². The standard InChI is InChI=1S/C15H14F4N2/c1-15(2,3)8-4-6-9(7-5-8)20-12-10(16)13(18)21-14(19)11(12)17/h4-7H,1-3H3,(H,20,21). The van der Waals surface area contributed by atoms with E-state index in [4.69, 9.17) is 0 Å². The zero-order valence-electron chi connectivity index (χ0n) is 11.8. The average molecular weight is 298 g/mol. The van der Waals surface area contributed by atoms with E-state index in [1.165, 1.54) is 0 Å². The molecule has 2 aromatic rings. The number of hydrogen-bond donors (Lipinski definition) is 1. The van der Waals surface area contributed by atoms with Crippen LogP contribution < -0.4 is 5.32 Å². The molecule has 1 aromatic heterocycles. The third-order valence-electron chi connectivity index (χ3n) is 3.02. The molecule has 21 heavy (non-hydrogen) atoms. The predicted molar refractivity (Wildman–Crippen MR) is 72.5 cm³/mol. The summed E-state index contributed by atoms with van der Waals surface area (Å²) < 4.78 is 53.0. The van der Waals surface area contributed by atoms with Crippen LogP contribution in [0.15, 0.2) is 24.3 Å². The molecule has 0 amide bonds. The third kappa shape index (κ3) is 3.15. The quantitative estimate of drug-likeness (QED) is 0.643. The topological polar surface area (TPSA) is 24.9 Å². The summed E-state index contributed by atoms with van der Waals surface area (Å²) in [6, 6.07) is 6.70. The normalized spacial score (nSPS) is 11.6. The van der Waals surface area contributed by atoms with Crippen molar-refractivity contribution in [3.63, 3.8) is 0 Å². The van der Waals surface area contributed by atoms with Crippen LogP contribution in [0.2, 0.25) is 0 Å². The van der Waals surface area contributed by atoms with Crippen LogP contribution in [0.4, 0.5) is 28.9 Å². The number of anilines is 2. The van der Waals surface area contributed by atoms with E-state index in [1.54, 1.807) is 24.3 Å². The van der Waals surface area contributed by atoms with Gasteiger partial charge in [0, 0.05) is 5.69 Å². The molecule has 112 valence electrons. The summed E-state index contributed by atoms with van der Waals surface area (Å²) >= 11 is 0. The number of hydrogen-bond acceptors (Lipinski definition) is 2. The average Bonchev–Trinajstić information content (AvgIpc) is 2.41. The first kappa shape index (κ1) is 15.3. The molecule has 1 heterocycles. The summed E-state index contributed by atoms with van der Waals surface area (Å²) in [4.78, 5) is 2.50. The Morgan fingerprint density at radius 1 is 0.857 bits per heavy atom. The maximum atomic E-state index is 13.5. The molecule has 0 aliphatic rings. The molecule has 1 aromatic carbocycles. The second kappa shape index (κ2) is 5.35. The molecule has 1 N–H and O–H groups in total. The second-order valence-electron chi connectivity index (χ2n) is 5.65. The Bertz CT molecular complexity index is 635. The van der Waals surface area contributed by atoms with E-state index < -0.39 is 29.2 Å². The number of benzene rings is 1. The van der Waals surface area contributed by atoms with Gasteiger partial charge >= 0.3 is 0 Å². The van der Waals surface area contributed by atoms with Gasteiger partial charge in [-0.1, -0.05) is 32.9 Å². The molecule has 0 atom stereocenters. The van der Waals surface area contributed by atoms with Gasteiger partial charge in [0.25, 0.3) is 11.9 Å². The molecule has 0 aliphatic heterocycles. The number of halogens is 4. The number of aromatic nitrogens is 1. The lowest BCUT2D eigenvalue weighted by atomic mass is 9.87. The summed E-state index contributed by atoms with van der Waals surface area (Å²) in [6.45, 7) is 6.05. The lowest BCUT2D eigenvalue weighted by Gasteiger charge is -2.19. The van der Waals surface area contributed by atoms with Gasteiger partial charge in [-0.05, 0) is 23.1 Å². The molecule has 0 fully saturated rings. The van der Waals surface area contributed by atoms with Gasteiger partial charge in [0.15, 0.2) is 0 Å². The van der Waals surface area contributed by atoms with Crippen LogP contribution in [-0.2, 0) is 5.41 Å². The summed E-state index contributed by atoms with van der Waals surface area (Å²) in [5, 5.41) is 2.33. The Morgan fingerprint density at radius 2 is 1.33 bits per heavy atom. The Balaban J connectivity index is 2.35. The van der Waals surface area contributed by atoms with Gasteiger partial charge in [-0.15, -0.1) is 0 Å². The van der Waals surface area contributed by atoms with Gasteiger partial charge in [-0.25, -0.2) is 0 Å². The van der Waals surface area contributed by atoms with Gasteiger partial charge in [0.1, 0.15) is 5.69 Å². The van der Waals surface area contributed by atoms with Gasteiger partial charge < -0.3 is 5.32 Å². The molecule has 0 spiro atoms. The fourth-order valence-corrected chi connectivity index (χ4v) is 1.79. The van der Waals surface area contributed by atoms with Gasteiger partial charge in [0.05, 0.1) is 0 Å². The minimum absolute atomic E-state index is 0.0795. The molecular formula is C15H14F4N2. The third-order valence-corrected chi connectivity index (χ3v) is 3.02. The first-order chi connectivity index (χ1) is 9.70. The summed E-state index contributed by atoms with van der Waals surface area (Å²) in [7, 11) is 0. The highest BCUT2D eigenvalue weighted by Gasteiger charge is 2.21. The monoisotopic (exact) mass is 298 g/mol.